The molecule has 0 unspecified atom stereocenters. The number of H-pyrrole nitrogens is 1. The van der Waals surface area contributed by atoms with Gasteiger partial charge in [0.2, 0.25) is 10.0 Å². The summed E-state index contributed by atoms with van der Waals surface area (Å²) in [6.45, 7) is 0.669. The van der Waals surface area contributed by atoms with E-state index in [1.165, 1.54) is 33.3 Å². The van der Waals surface area contributed by atoms with E-state index in [2.05, 4.69) is 20.3 Å². The van der Waals surface area contributed by atoms with Gasteiger partial charge >= 0.3 is 0 Å². The second-order valence-electron chi connectivity index (χ2n) is 8.15. The second kappa shape index (κ2) is 8.69. The maximum absolute atomic E-state index is 13.2. The predicted molar refractivity (Wildman–Crippen MR) is 119 cm³/mol. The van der Waals surface area contributed by atoms with Crippen LogP contribution in [0.3, 0.4) is 0 Å². The van der Waals surface area contributed by atoms with E-state index in [1.807, 2.05) is 0 Å². The molecule has 2 aromatic carbocycles. The maximum atomic E-state index is 13.2. The molecule has 2 aromatic heterocycles. The fourth-order valence-electron chi connectivity index (χ4n) is 4.09. The Balaban J connectivity index is 1.44. The van der Waals surface area contributed by atoms with Gasteiger partial charge in [-0.15, -0.1) is 5.10 Å². The Kier molecular flexibility index (Phi) is 5.70. The van der Waals surface area contributed by atoms with Gasteiger partial charge in [0.1, 0.15) is 17.5 Å². The zero-order valence-corrected chi connectivity index (χ0v) is 18.7. The van der Waals surface area contributed by atoms with Crippen LogP contribution in [0.5, 0.6) is 0 Å². The summed E-state index contributed by atoms with van der Waals surface area (Å²) in [6.07, 6.45) is 1.20. The Morgan fingerprint density at radius 3 is 2.41 bits per heavy atom. The number of nitrogens with zero attached hydrogens (tertiary/aromatic N) is 5. The zero-order valence-electron chi connectivity index (χ0n) is 17.9. The number of aromatic nitrogens is 5. The van der Waals surface area contributed by atoms with Crippen LogP contribution in [0.2, 0.25) is 0 Å². The third-order valence-electron chi connectivity index (χ3n) is 5.86. The Morgan fingerprint density at radius 1 is 1.03 bits per heavy atom. The van der Waals surface area contributed by atoms with E-state index in [-0.39, 0.29) is 40.9 Å². The van der Waals surface area contributed by atoms with Crippen LogP contribution in [0.4, 0.5) is 8.78 Å². The van der Waals surface area contributed by atoms with Crippen molar-refractivity contribution in [3.05, 3.63) is 81.9 Å². The molecule has 1 saturated heterocycles. The second-order valence-corrected chi connectivity index (χ2v) is 10.1. The Bertz CT molecular complexity index is 1500. The molecule has 1 N–H and O–H groups in total. The van der Waals surface area contributed by atoms with Crippen LogP contribution in [0.25, 0.3) is 11.2 Å². The van der Waals surface area contributed by atoms with Gasteiger partial charge in [-0.1, -0.05) is 17.3 Å². The smallest absolute Gasteiger partial charge is 0.281 e. The molecule has 4 aromatic rings. The number of piperidine rings is 1. The molecule has 1 aliphatic rings. The molecule has 1 fully saturated rings. The Hall–Kier alpha value is -3.51. The molecule has 0 amide bonds. The van der Waals surface area contributed by atoms with Crippen LogP contribution < -0.4 is 5.56 Å². The first kappa shape index (κ1) is 22.3. The SMILES string of the molecule is O=c1[nH]c([C@@H]2CCCN(S(=O)(=O)c3ccc(F)cc3)C2)nc2c1nnn2Cc1ccc(F)cc1. The average Bonchev–Trinajstić information content (AvgIpc) is 3.24. The van der Waals surface area contributed by atoms with Crippen LogP contribution >= 0.6 is 0 Å². The highest BCUT2D eigenvalue weighted by Gasteiger charge is 2.32. The fraction of sp³-hybridized carbons (Fsp3) is 0.273. The van der Waals surface area contributed by atoms with E-state index >= 15 is 0 Å². The molecule has 0 bridgehead atoms. The lowest BCUT2D eigenvalue weighted by Crippen LogP contribution is -2.39. The lowest BCUT2D eigenvalue weighted by molar-refractivity contribution is 0.309. The summed E-state index contributed by atoms with van der Waals surface area (Å²) in [7, 11) is -3.83. The molecule has 0 saturated carbocycles. The predicted octanol–water partition coefficient (Wildman–Crippen LogP) is 2.41. The van der Waals surface area contributed by atoms with Gasteiger partial charge in [0.15, 0.2) is 11.2 Å². The summed E-state index contributed by atoms with van der Waals surface area (Å²) in [5.74, 6) is -0.882. The molecular formula is C22H20F2N6O3S. The number of halogens is 2. The summed E-state index contributed by atoms with van der Waals surface area (Å²) >= 11 is 0. The highest BCUT2D eigenvalue weighted by Crippen LogP contribution is 2.29. The Morgan fingerprint density at radius 2 is 1.71 bits per heavy atom. The van der Waals surface area contributed by atoms with E-state index in [0.717, 1.165) is 17.7 Å². The highest BCUT2D eigenvalue weighted by molar-refractivity contribution is 7.89. The highest BCUT2D eigenvalue weighted by atomic mass is 32.2. The number of aromatic amines is 1. The minimum Gasteiger partial charge on any atom is -0.308 e. The van der Waals surface area contributed by atoms with E-state index in [9.17, 15) is 22.0 Å². The van der Waals surface area contributed by atoms with Crippen LogP contribution in [0.1, 0.15) is 30.1 Å². The monoisotopic (exact) mass is 486 g/mol. The molecule has 34 heavy (non-hydrogen) atoms. The summed E-state index contributed by atoms with van der Waals surface area (Å²) in [5.41, 5.74) is 0.619. The number of hydrogen-bond acceptors (Lipinski definition) is 6. The van der Waals surface area contributed by atoms with Crippen LogP contribution in [0.15, 0.2) is 58.2 Å². The van der Waals surface area contributed by atoms with Crippen molar-refractivity contribution in [1.82, 2.24) is 29.3 Å². The van der Waals surface area contributed by atoms with E-state index < -0.39 is 21.4 Å². The number of benzene rings is 2. The molecule has 0 aliphatic carbocycles. The first-order valence-corrected chi connectivity index (χ1v) is 12.1. The van der Waals surface area contributed by atoms with Crippen LogP contribution in [0, 0.1) is 11.6 Å². The van der Waals surface area contributed by atoms with Gasteiger partial charge in [-0.3, -0.25) is 4.79 Å². The van der Waals surface area contributed by atoms with Crippen LogP contribution in [-0.4, -0.2) is 50.8 Å². The van der Waals surface area contributed by atoms with E-state index in [1.54, 1.807) is 12.1 Å². The molecule has 1 atom stereocenters. The number of nitrogens with one attached hydrogen (secondary N) is 1. The lowest BCUT2D eigenvalue weighted by atomic mass is 9.99. The maximum Gasteiger partial charge on any atom is 0.281 e. The molecule has 0 spiro atoms. The van der Waals surface area contributed by atoms with Gasteiger partial charge in [0, 0.05) is 19.0 Å². The van der Waals surface area contributed by atoms with Gasteiger partial charge in [-0.05, 0) is 54.8 Å². The molecular weight excluding hydrogens is 466 g/mol. The van der Waals surface area contributed by atoms with E-state index in [4.69, 9.17) is 0 Å². The van der Waals surface area contributed by atoms with Crippen molar-refractivity contribution in [1.29, 1.82) is 0 Å². The van der Waals surface area contributed by atoms with Gasteiger partial charge in [0.05, 0.1) is 11.4 Å². The summed E-state index contributed by atoms with van der Waals surface area (Å²) in [5, 5.41) is 7.93. The van der Waals surface area contributed by atoms with Crippen molar-refractivity contribution in [2.75, 3.05) is 13.1 Å². The summed E-state index contributed by atoms with van der Waals surface area (Å²) in [6, 6.07) is 10.6. The van der Waals surface area contributed by atoms with E-state index in [0.29, 0.717) is 25.2 Å². The zero-order chi connectivity index (χ0) is 23.9. The largest absolute Gasteiger partial charge is 0.308 e. The number of fused-ring (bicyclic) bond motifs is 1. The van der Waals surface area contributed by atoms with Gasteiger partial charge in [-0.2, -0.15) is 4.31 Å². The number of sulfonamides is 1. The third-order valence-corrected chi connectivity index (χ3v) is 7.74. The first-order chi connectivity index (χ1) is 16.3. The molecule has 3 heterocycles. The van der Waals surface area contributed by atoms with Crippen molar-refractivity contribution >= 4 is 21.2 Å². The summed E-state index contributed by atoms with van der Waals surface area (Å²) < 4.78 is 55.4. The third kappa shape index (κ3) is 4.21. The van der Waals surface area contributed by atoms with Gasteiger partial charge in [0.25, 0.3) is 5.56 Å². The molecule has 0 radical (unpaired) electrons. The molecule has 5 rings (SSSR count). The molecule has 12 heteroatoms. The standard InChI is InChI=1S/C22H20F2N6O3S/c23-16-5-3-14(4-6-16)12-30-21-19(27-28-30)22(31)26-20(25-21)15-2-1-11-29(13-15)34(32,33)18-9-7-17(24)8-10-18/h3-10,15H,1-2,11-13H2,(H,25,26,31)/t15-/m1/s1. The average molecular weight is 487 g/mol. The van der Waals surface area contributed by atoms with Crippen LogP contribution in [-0.2, 0) is 16.6 Å². The van der Waals surface area contributed by atoms with Crippen molar-refractivity contribution < 1.29 is 17.2 Å². The quantitative estimate of drug-likeness (QED) is 0.464. The topological polar surface area (TPSA) is 114 Å². The van der Waals surface area contributed by atoms with Gasteiger partial charge in [-0.25, -0.2) is 26.9 Å². The normalized spacial score (nSPS) is 17.3. The minimum atomic E-state index is -3.83. The van der Waals surface area contributed by atoms with Crippen molar-refractivity contribution in [2.45, 2.75) is 30.2 Å². The Labute approximate surface area is 193 Å². The summed E-state index contributed by atoms with van der Waals surface area (Å²) in [4.78, 5) is 20.0. The number of rotatable bonds is 5. The molecule has 176 valence electrons. The van der Waals surface area contributed by atoms with Crippen molar-refractivity contribution in [3.8, 4) is 0 Å². The van der Waals surface area contributed by atoms with Crippen molar-refractivity contribution in [2.24, 2.45) is 0 Å². The number of hydrogen-bond donors (Lipinski definition) is 1. The first-order valence-electron chi connectivity index (χ1n) is 10.6. The van der Waals surface area contributed by atoms with Gasteiger partial charge < -0.3 is 4.98 Å². The lowest BCUT2D eigenvalue weighted by Gasteiger charge is -2.31. The van der Waals surface area contributed by atoms with Crippen molar-refractivity contribution in [3.63, 3.8) is 0 Å². The minimum absolute atomic E-state index is 0.00743. The molecule has 9 nitrogen and oxygen atoms in total. The fourth-order valence-corrected chi connectivity index (χ4v) is 5.61. The molecule has 1 aliphatic heterocycles.